The van der Waals surface area contributed by atoms with Gasteiger partial charge in [-0.05, 0) is 53.0 Å². The third-order valence-electron chi connectivity index (χ3n) is 5.25. The average Bonchev–Trinajstić information content (AvgIpc) is 3.22. The largest absolute Gasteiger partial charge is 0.465 e. The van der Waals surface area contributed by atoms with Crippen LogP contribution in [0.1, 0.15) is 65.5 Å². The summed E-state index contributed by atoms with van der Waals surface area (Å²) in [5, 5.41) is 13.6. The number of carbonyl (C=O) groups is 3. The molecule has 1 saturated heterocycles. The summed E-state index contributed by atoms with van der Waals surface area (Å²) < 4.78 is 10.6. The van der Waals surface area contributed by atoms with E-state index < -0.39 is 41.8 Å². The topological polar surface area (TPSA) is 105 Å². The number of benzene rings is 1. The van der Waals surface area contributed by atoms with Crippen molar-refractivity contribution < 1.29 is 29.0 Å². The lowest BCUT2D eigenvalue weighted by atomic mass is 10.0. The highest BCUT2D eigenvalue weighted by molar-refractivity contribution is 5.88. The Bertz CT molecular complexity index is 776. The van der Waals surface area contributed by atoms with Crippen molar-refractivity contribution >= 4 is 17.8 Å². The van der Waals surface area contributed by atoms with Crippen molar-refractivity contribution in [3.05, 3.63) is 35.9 Å². The van der Waals surface area contributed by atoms with Crippen LogP contribution >= 0.6 is 0 Å². The number of ether oxygens (including phenoxy) is 2. The third kappa shape index (κ3) is 7.31. The van der Waals surface area contributed by atoms with Crippen LogP contribution in [0.3, 0.4) is 0 Å². The molecule has 2 rings (SSSR count). The van der Waals surface area contributed by atoms with Crippen LogP contribution in [0.4, 0.5) is 0 Å². The van der Waals surface area contributed by atoms with Gasteiger partial charge in [-0.15, -0.1) is 0 Å². The van der Waals surface area contributed by atoms with Crippen molar-refractivity contribution in [3.8, 4) is 0 Å². The molecule has 0 spiro atoms. The monoisotopic (exact) mass is 448 g/mol. The van der Waals surface area contributed by atoms with Crippen LogP contribution in [0.15, 0.2) is 30.3 Å². The van der Waals surface area contributed by atoms with Crippen molar-refractivity contribution in [2.24, 2.45) is 0 Å². The molecule has 0 saturated carbocycles. The van der Waals surface area contributed by atoms with E-state index in [1.54, 1.807) is 46.8 Å². The number of nitrogens with zero attached hydrogens (tertiary/aromatic N) is 1. The lowest BCUT2D eigenvalue weighted by Gasteiger charge is -2.30. The maximum atomic E-state index is 13.1. The van der Waals surface area contributed by atoms with E-state index in [9.17, 15) is 19.5 Å². The predicted octanol–water partition coefficient (Wildman–Crippen LogP) is 2.35. The molecule has 0 bridgehead atoms. The van der Waals surface area contributed by atoms with E-state index >= 15 is 0 Å². The summed E-state index contributed by atoms with van der Waals surface area (Å²) in [6.07, 6.45) is 0.398. The van der Waals surface area contributed by atoms with Crippen LogP contribution in [0.25, 0.3) is 0 Å². The lowest BCUT2D eigenvalue weighted by molar-refractivity contribution is -0.163. The molecule has 1 aliphatic rings. The van der Waals surface area contributed by atoms with Gasteiger partial charge in [0.15, 0.2) is 0 Å². The van der Waals surface area contributed by atoms with Crippen molar-refractivity contribution in [2.45, 2.75) is 83.7 Å². The highest BCUT2D eigenvalue weighted by atomic mass is 16.6. The number of aliphatic hydroxyl groups is 1. The number of hydrogen-bond donors (Lipinski definition) is 2. The molecule has 8 heteroatoms. The fraction of sp³-hybridized carbons (Fsp3) is 0.625. The Kier molecular flexibility index (Phi) is 9.21. The third-order valence-corrected chi connectivity index (χ3v) is 5.25. The quantitative estimate of drug-likeness (QED) is 0.559. The molecule has 1 aliphatic heterocycles. The maximum absolute atomic E-state index is 13.1. The van der Waals surface area contributed by atoms with Crippen LogP contribution in [0, 0.1) is 0 Å². The van der Waals surface area contributed by atoms with Gasteiger partial charge in [0.25, 0.3) is 0 Å². The van der Waals surface area contributed by atoms with Crippen LogP contribution < -0.4 is 5.32 Å². The second-order valence-corrected chi connectivity index (χ2v) is 9.08. The van der Waals surface area contributed by atoms with Crippen LogP contribution in [-0.2, 0) is 23.9 Å². The zero-order valence-corrected chi connectivity index (χ0v) is 19.7. The molecule has 0 unspecified atom stereocenters. The van der Waals surface area contributed by atoms with Crippen molar-refractivity contribution in [2.75, 3.05) is 13.2 Å². The molecule has 4 atom stereocenters. The van der Waals surface area contributed by atoms with Gasteiger partial charge >= 0.3 is 11.9 Å². The predicted molar refractivity (Wildman–Crippen MR) is 120 cm³/mol. The normalized spacial score (nSPS) is 19.2. The van der Waals surface area contributed by atoms with Gasteiger partial charge in [0, 0.05) is 13.0 Å². The Balaban J connectivity index is 2.08. The van der Waals surface area contributed by atoms with Crippen molar-refractivity contribution in [3.63, 3.8) is 0 Å². The van der Waals surface area contributed by atoms with Gasteiger partial charge in [-0.2, -0.15) is 0 Å². The van der Waals surface area contributed by atoms with E-state index in [1.165, 1.54) is 4.90 Å². The SMILES string of the molecule is CCOC(=O)[C@H](C[C@@H](O)c1ccccc1)N[C@@H](C)C(=O)N1CCC[C@H]1C(=O)OC(C)(C)C. The van der Waals surface area contributed by atoms with Gasteiger partial charge in [-0.3, -0.25) is 14.9 Å². The number of amides is 1. The fourth-order valence-corrected chi connectivity index (χ4v) is 3.78. The number of rotatable bonds is 9. The Morgan fingerprint density at radius 3 is 2.47 bits per heavy atom. The Labute approximate surface area is 190 Å². The van der Waals surface area contributed by atoms with E-state index in [1.807, 2.05) is 18.2 Å². The standard InChI is InChI=1S/C24H36N2O6/c1-6-31-22(29)18(15-20(27)17-11-8-7-9-12-17)25-16(2)21(28)26-14-10-13-19(26)23(30)32-24(3,4)5/h7-9,11-12,16,18-20,25,27H,6,10,13-15H2,1-5H3/t16-,18-,19-,20+/m0/s1. The van der Waals surface area contributed by atoms with E-state index in [4.69, 9.17) is 9.47 Å². The molecule has 178 valence electrons. The Hall–Kier alpha value is -2.45. The van der Waals surface area contributed by atoms with Gasteiger partial charge in [0.1, 0.15) is 17.7 Å². The van der Waals surface area contributed by atoms with Crippen LogP contribution in [-0.4, -0.2) is 64.7 Å². The van der Waals surface area contributed by atoms with Gasteiger partial charge in [0.2, 0.25) is 5.91 Å². The second kappa shape index (κ2) is 11.4. The van der Waals surface area contributed by atoms with Gasteiger partial charge < -0.3 is 19.5 Å². The maximum Gasteiger partial charge on any atom is 0.329 e. The van der Waals surface area contributed by atoms with Gasteiger partial charge in [-0.25, -0.2) is 4.79 Å². The summed E-state index contributed by atoms with van der Waals surface area (Å²) in [5.74, 6) is -1.24. The second-order valence-electron chi connectivity index (χ2n) is 9.08. The average molecular weight is 449 g/mol. The summed E-state index contributed by atoms with van der Waals surface area (Å²) in [4.78, 5) is 39.8. The number of aliphatic hydroxyl groups excluding tert-OH is 1. The first-order valence-electron chi connectivity index (χ1n) is 11.2. The zero-order chi connectivity index (χ0) is 23.9. The minimum absolute atomic E-state index is 0.0515. The van der Waals surface area contributed by atoms with E-state index in [-0.39, 0.29) is 18.9 Å². The summed E-state index contributed by atoms with van der Waals surface area (Å²) in [5.41, 5.74) is 0.0352. The first-order chi connectivity index (χ1) is 15.0. The molecule has 1 aromatic carbocycles. The minimum atomic E-state index is -0.901. The number of nitrogens with one attached hydrogen (secondary N) is 1. The number of esters is 2. The van der Waals surface area contributed by atoms with Crippen molar-refractivity contribution in [1.29, 1.82) is 0 Å². The summed E-state index contributed by atoms with van der Waals surface area (Å²) in [6.45, 7) is 9.36. The van der Waals surface area contributed by atoms with E-state index in [2.05, 4.69) is 5.32 Å². The molecule has 1 heterocycles. The molecule has 1 amide bonds. The molecule has 0 radical (unpaired) electrons. The molecule has 1 aromatic rings. The van der Waals surface area contributed by atoms with Gasteiger partial charge in [0.05, 0.1) is 18.8 Å². The first-order valence-corrected chi connectivity index (χ1v) is 11.2. The number of hydrogen-bond acceptors (Lipinski definition) is 7. The minimum Gasteiger partial charge on any atom is -0.465 e. The summed E-state index contributed by atoms with van der Waals surface area (Å²) in [7, 11) is 0. The van der Waals surface area contributed by atoms with E-state index in [0.717, 1.165) is 0 Å². The molecule has 0 aromatic heterocycles. The number of carbonyl (C=O) groups excluding carboxylic acids is 3. The summed E-state index contributed by atoms with van der Waals surface area (Å²) in [6, 6.07) is 6.73. The smallest absolute Gasteiger partial charge is 0.329 e. The van der Waals surface area contributed by atoms with Crippen LogP contribution in [0.2, 0.25) is 0 Å². The summed E-state index contributed by atoms with van der Waals surface area (Å²) >= 11 is 0. The first kappa shape index (κ1) is 25.8. The molecule has 1 fully saturated rings. The fourth-order valence-electron chi connectivity index (χ4n) is 3.78. The molecular formula is C24H36N2O6. The molecule has 32 heavy (non-hydrogen) atoms. The highest BCUT2D eigenvalue weighted by Crippen LogP contribution is 2.23. The number of likely N-dealkylation sites (tertiary alicyclic amines) is 1. The molecular weight excluding hydrogens is 412 g/mol. The zero-order valence-electron chi connectivity index (χ0n) is 19.7. The van der Waals surface area contributed by atoms with Gasteiger partial charge in [-0.1, -0.05) is 30.3 Å². The lowest BCUT2D eigenvalue weighted by Crippen LogP contribution is -2.54. The highest BCUT2D eigenvalue weighted by Gasteiger charge is 2.39. The van der Waals surface area contributed by atoms with Crippen LogP contribution in [0.5, 0.6) is 0 Å². The Morgan fingerprint density at radius 2 is 1.88 bits per heavy atom. The molecule has 8 nitrogen and oxygen atoms in total. The Morgan fingerprint density at radius 1 is 1.22 bits per heavy atom. The molecule has 0 aliphatic carbocycles. The molecule has 2 N–H and O–H groups in total. The van der Waals surface area contributed by atoms with E-state index in [0.29, 0.717) is 24.9 Å². The van der Waals surface area contributed by atoms with Crippen molar-refractivity contribution in [1.82, 2.24) is 10.2 Å².